The zero-order valence-electron chi connectivity index (χ0n) is 14.0. The first kappa shape index (κ1) is 24.3. The summed E-state index contributed by atoms with van der Waals surface area (Å²) in [7, 11) is 1.50. The van der Waals surface area contributed by atoms with E-state index in [0.717, 1.165) is 14.2 Å². The number of rotatable bonds is 0. The molecular weight excluding hydrogens is 328 g/mol. The molecule has 5 heteroatoms. The summed E-state index contributed by atoms with van der Waals surface area (Å²) in [6.45, 7) is 0. The van der Waals surface area contributed by atoms with Crippen LogP contribution >= 0.6 is 0 Å². The van der Waals surface area contributed by atoms with E-state index in [1.165, 1.54) is 57.3 Å². The molecule has 3 aliphatic rings. The van der Waals surface area contributed by atoms with Crippen LogP contribution < -0.4 is 10.2 Å². The van der Waals surface area contributed by atoms with Crippen LogP contribution in [0.2, 0.25) is 0 Å². The normalized spacial score (nSPS) is 17.0. The molecule has 0 bridgehead atoms. The van der Waals surface area contributed by atoms with Crippen LogP contribution in [-0.2, 0) is 26.5 Å². The number of hydrogen-bond donors (Lipinski definition) is 1. The fraction of sp³-hybridized carbons (Fsp3) is 0.556. The number of terminal acetylenes is 1. The van der Waals surface area contributed by atoms with Crippen LogP contribution in [0.5, 0.6) is 0 Å². The van der Waals surface area contributed by atoms with E-state index in [9.17, 15) is 0 Å². The standard InChI is InChI=1S/C13H17.C3H2O2.2CH3O.Ti/c1-3-7-12-10(5-1)9-11-6-2-4-8-13(11)12;1-2-3(4)5;2*1-2;/h5H,1-4,6-9H2;1H,(H,4,5);2*1H3;/q-1;;2*-1;+3. The third kappa shape index (κ3) is 7.90. The molecule has 0 amide bonds. The zero-order valence-corrected chi connectivity index (χ0v) is 15.5. The first-order valence-corrected chi connectivity index (χ1v) is 7.50. The van der Waals surface area contributed by atoms with E-state index >= 15 is 0 Å². The summed E-state index contributed by atoms with van der Waals surface area (Å²) in [6.07, 6.45) is 17.9. The van der Waals surface area contributed by atoms with E-state index in [4.69, 9.17) is 20.1 Å². The Morgan fingerprint density at radius 2 is 1.61 bits per heavy atom. The molecule has 0 atom stereocenters. The van der Waals surface area contributed by atoms with Crippen molar-refractivity contribution in [3.63, 3.8) is 0 Å². The summed E-state index contributed by atoms with van der Waals surface area (Å²) in [6, 6.07) is 0. The molecule has 0 unspecified atom stereocenters. The van der Waals surface area contributed by atoms with Gasteiger partial charge in [0.25, 0.3) is 0 Å². The summed E-state index contributed by atoms with van der Waals surface area (Å²) in [4.78, 5) is 9.13. The van der Waals surface area contributed by atoms with Crippen LogP contribution in [0.1, 0.15) is 51.4 Å². The van der Waals surface area contributed by atoms with Crippen molar-refractivity contribution < 1.29 is 41.8 Å². The van der Waals surface area contributed by atoms with Crippen LogP contribution in [0, 0.1) is 18.8 Å². The molecule has 1 N–H and O–H groups in total. The Hall–Kier alpha value is -0.986. The van der Waals surface area contributed by atoms with Crippen molar-refractivity contribution in [2.45, 2.75) is 51.4 Å². The maximum atomic E-state index is 9.13. The van der Waals surface area contributed by atoms with Crippen LogP contribution in [-0.4, -0.2) is 25.3 Å². The third-order valence-electron chi connectivity index (χ3n) is 3.88. The van der Waals surface area contributed by atoms with Crippen LogP contribution in [0.25, 0.3) is 0 Å². The average Bonchev–Trinajstić information content (AvgIpc) is 2.97. The first-order chi connectivity index (χ1) is 10.7. The van der Waals surface area contributed by atoms with Gasteiger partial charge in [-0.3, -0.25) is 0 Å². The van der Waals surface area contributed by atoms with Gasteiger partial charge >= 0.3 is 27.7 Å². The second-order valence-electron chi connectivity index (χ2n) is 5.02. The number of hydrogen-bond acceptors (Lipinski definition) is 3. The van der Waals surface area contributed by atoms with Crippen molar-refractivity contribution in [2.75, 3.05) is 14.2 Å². The van der Waals surface area contributed by atoms with Gasteiger partial charge in [0.05, 0.1) is 0 Å². The molecular formula is C18H25O4Ti. The molecule has 4 nitrogen and oxygen atoms in total. The quantitative estimate of drug-likeness (QED) is 0.407. The summed E-state index contributed by atoms with van der Waals surface area (Å²) >= 11 is 0. The molecule has 0 spiro atoms. The Morgan fingerprint density at radius 1 is 1.09 bits per heavy atom. The minimum absolute atomic E-state index is 0. The van der Waals surface area contributed by atoms with Gasteiger partial charge < -0.3 is 15.3 Å². The van der Waals surface area contributed by atoms with Gasteiger partial charge in [-0.05, 0) is 25.7 Å². The Morgan fingerprint density at radius 3 is 2.17 bits per heavy atom. The number of carboxylic acids is 1. The Labute approximate surface area is 154 Å². The van der Waals surface area contributed by atoms with Crippen LogP contribution in [0.15, 0.2) is 22.3 Å². The maximum absolute atomic E-state index is 9.13. The minimum atomic E-state index is -1.22. The molecule has 23 heavy (non-hydrogen) atoms. The first-order valence-electron chi connectivity index (χ1n) is 7.50. The Bertz CT molecular complexity index is 428. The molecule has 0 fully saturated rings. The van der Waals surface area contributed by atoms with E-state index in [0.29, 0.717) is 0 Å². The minimum Gasteiger partial charge on any atom is -0.857 e. The maximum Gasteiger partial charge on any atom is 3.00 e. The fourth-order valence-electron chi connectivity index (χ4n) is 3.12. The summed E-state index contributed by atoms with van der Waals surface area (Å²) in [5, 5.41) is 24.0. The van der Waals surface area contributed by atoms with Crippen molar-refractivity contribution >= 4 is 5.97 Å². The third-order valence-corrected chi connectivity index (χ3v) is 3.88. The molecule has 0 aromatic heterocycles. The molecule has 0 saturated heterocycles. The number of fused-ring (bicyclic) bond motifs is 1. The van der Waals surface area contributed by atoms with Gasteiger partial charge in [-0.2, -0.15) is 19.8 Å². The van der Waals surface area contributed by atoms with Gasteiger partial charge in [-0.25, -0.2) is 16.8 Å². The SMILES string of the molecule is C#CC(=O)O.C[O-].C[O-].[CH-]1CCCC2=C1CC1=C2CCCC1.[Ti+3]. The van der Waals surface area contributed by atoms with E-state index in [1.807, 2.05) is 0 Å². The summed E-state index contributed by atoms with van der Waals surface area (Å²) < 4.78 is 0. The molecule has 0 saturated carbocycles. The monoisotopic (exact) mass is 353 g/mol. The van der Waals surface area contributed by atoms with Gasteiger partial charge in [0.15, 0.2) is 0 Å². The van der Waals surface area contributed by atoms with Gasteiger partial charge in [-0.1, -0.05) is 24.8 Å². The molecule has 0 aliphatic heterocycles. The summed E-state index contributed by atoms with van der Waals surface area (Å²) in [5.74, 6) is 0.227. The molecule has 3 rings (SSSR count). The van der Waals surface area contributed by atoms with E-state index in [-0.39, 0.29) is 21.7 Å². The number of carbonyl (C=O) groups is 1. The zero-order chi connectivity index (χ0) is 17.0. The van der Waals surface area contributed by atoms with Gasteiger partial charge in [0.2, 0.25) is 0 Å². The van der Waals surface area contributed by atoms with Crippen molar-refractivity contribution in [2.24, 2.45) is 0 Å². The molecule has 0 heterocycles. The van der Waals surface area contributed by atoms with Gasteiger partial charge in [-0.15, -0.1) is 18.4 Å². The van der Waals surface area contributed by atoms with Gasteiger partial charge in [0.1, 0.15) is 0 Å². The summed E-state index contributed by atoms with van der Waals surface area (Å²) in [5.41, 5.74) is 7.06. The van der Waals surface area contributed by atoms with Crippen molar-refractivity contribution in [1.82, 2.24) is 0 Å². The Balaban J connectivity index is 0. The van der Waals surface area contributed by atoms with Crippen molar-refractivity contribution in [3.05, 3.63) is 28.7 Å². The smallest absolute Gasteiger partial charge is 0.857 e. The number of carboxylic acid groups (broad SMARTS) is 1. The number of aliphatic carboxylic acids is 1. The topological polar surface area (TPSA) is 83.4 Å². The largest absolute Gasteiger partial charge is 3.00 e. The Kier molecular flexibility index (Phi) is 15.4. The second-order valence-corrected chi connectivity index (χ2v) is 5.02. The molecule has 0 aromatic carbocycles. The van der Waals surface area contributed by atoms with E-state index in [1.54, 1.807) is 22.3 Å². The predicted molar refractivity (Wildman–Crippen MR) is 83.6 cm³/mol. The van der Waals surface area contributed by atoms with Crippen LogP contribution in [0.3, 0.4) is 0 Å². The van der Waals surface area contributed by atoms with Crippen molar-refractivity contribution in [3.8, 4) is 12.3 Å². The molecule has 0 aromatic rings. The van der Waals surface area contributed by atoms with Gasteiger partial charge in [0, 0.05) is 5.92 Å². The number of allylic oxidation sites excluding steroid dienone is 4. The second kappa shape index (κ2) is 14.6. The fourth-order valence-corrected chi connectivity index (χ4v) is 3.12. The van der Waals surface area contributed by atoms with E-state index in [2.05, 4.69) is 12.8 Å². The molecule has 3 aliphatic carbocycles. The average molecular weight is 353 g/mol. The predicted octanol–water partition coefficient (Wildman–Crippen LogP) is 1.60. The van der Waals surface area contributed by atoms with Crippen molar-refractivity contribution in [1.29, 1.82) is 0 Å². The molecule has 125 valence electrons. The van der Waals surface area contributed by atoms with Crippen LogP contribution in [0.4, 0.5) is 0 Å². The van der Waals surface area contributed by atoms with E-state index < -0.39 is 5.97 Å². The molecule has 1 radical (unpaired) electrons.